The van der Waals surface area contributed by atoms with E-state index in [1.165, 1.54) is 0 Å². The number of ether oxygens (including phenoxy) is 1. The molecule has 0 bridgehead atoms. The molecule has 146 valence electrons. The Morgan fingerprint density at radius 1 is 1.00 bits per heavy atom. The summed E-state index contributed by atoms with van der Waals surface area (Å²) in [5.74, 6) is -0.611. The van der Waals surface area contributed by atoms with Crippen LogP contribution < -0.4 is 4.31 Å². The van der Waals surface area contributed by atoms with Crippen LogP contribution in [-0.4, -0.2) is 32.1 Å². The quantitative estimate of drug-likeness (QED) is 0.571. The van der Waals surface area contributed by atoms with E-state index in [9.17, 15) is 13.2 Å². The Labute approximate surface area is 165 Å². The number of hydrogen-bond acceptors (Lipinski definition) is 4. The van der Waals surface area contributed by atoms with E-state index in [0.29, 0.717) is 11.4 Å². The number of esters is 1. The Morgan fingerprint density at radius 3 is 2.29 bits per heavy atom. The first-order valence-corrected chi connectivity index (χ1v) is 10.3. The minimum Gasteiger partial charge on any atom is -0.465 e. The maximum Gasteiger partial charge on any atom is 0.326 e. The van der Waals surface area contributed by atoms with Gasteiger partial charge in [0.05, 0.1) is 22.9 Å². The number of carbonyl (C=O) groups is 1. The van der Waals surface area contributed by atoms with Crippen molar-refractivity contribution in [2.45, 2.75) is 18.7 Å². The second-order valence-electron chi connectivity index (χ2n) is 6.21. The Kier molecular flexibility index (Phi) is 5.84. The van der Waals surface area contributed by atoms with Crippen LogP contribution in [0, 0.1) is 6.92 Å². The van der Waals surface area contributed by atoms with E-state index < -0.39 is 22.5 Å². The number of carbonyl (C=O) groups excluding carboxylic acids is 1. The zero-order valence-corrected chi connectivity index (χ0v) is 16.6. The molecule has 0 aliphatic rings. The summed E-state index contributed by atoms with van der Waals surface area (Å²) in [6.07, 6.45) is 3.64. The highest BCUT2D eigenvalue weighted by atomic mass is 32.2. The lowest BCUT2D eigenvalue weighted by Crippen LogP contribution is -2.37. The fraction of sp³-hybridized carbons (Fsp3) is 0.190. The first-order valence-electron chi connectivity index (χ1n) is 8.91. The molecule has 2 aromatic carbocycles. The summed E-state index contributed by atoms with van der Waals surface area (Å²) < 4.78 is 34.8. The summed E-state index contributed by atoms with van der Waals surface area (Å²) in [7, 11) is -3.98. The predicted molar refractivity (Wildman–Crippen MR) is 108 cm³/mol. The topological polar surface area (TPSA) is 68.6 Å². The van der Waals surface area contributed by atoms with Crippen molar-refractivity contribution in [3.05, 3.63) is 78.6 Å². The van der Waals surface area contributed by atoms with Gasteiger partial charge in [-0.2, -0.15) is 0 Å². The number of rotatable bonds is 7. The van der Waals surface area contributed by atoms with Crippen LogP contribution in [0.1, 0.15) is 12.5 Å². The molecule has 28 heavy (non-hydrogen) atoms. The average Bonchev–Trinajstić information content (AvgIpc) is 3.21. The molecule has 1 heterocycles. The van der Waals surface area contributed by atoms with Crippen LogP contribution in [0.4, 0.5) is 5.69 Å². The van der Waals surface area contributed by atoms with Gasteiger partial charge in [0.1, 0.15) is 6.54 Å². The van der Waals surface area contributed by atoms with Crippen LogP contribution >= 0.6 is 0 Å². The zero-order valence-electron chi connectivity index (χ0n) is 15.8. The fourth-order valence-electron chi connectivity index (χ4n) is 2.85. The molecule has 0 aliphatic heterocycles. The van der Waals surface area contributed by atoms with Crippen molar-refractivity contribution in [2.75, 3.05) is 17.5 Å². The molecule has 0 N–H and O–H groups in total. The summed E-state index contributed by atoms with van der Waals surface area (Å²) in [6, 6.07) is 17.3. The Bertz CT molecular complexity index is 1040. The van der Waals surface area contributed by atoms with E-state index in [-0.39, 0.29) is 11.5 Å². The van der Waals surface area contributed by atoms with Crippen LogP contribution in [0.25, 0.3) is 5.69 Å². The summed E-state index contributed by atoms with van der Waals surface area (Å²) in [6.45, 7) is 3.33. The minimum atomic E-state index is -3.98. The fourth-order valence-corrected chi connectivity index (χ4v) is 4.27. The third-order valence-electron chi connectivity index (χ3n) is 4.22. The van der Waals surface area contributed by atoms with Gasteiger partial charge in [0, 0.05) is 12.4 Å². The number of aryl methyl sites for hydroxylation is 1. The molecule has 0 spiro atoms. The first-order chi connectivity index (χ1) is 13.4. The molecule has 6 nitrogen and oxygen atoms in total. The van der Waals surface area contributed by atoms with Crippen LogP contribution in [0.2, 0.25) is 0 Å². The van der Waals surface area contributed by atoms with E-state index >= 15 is 0 Å². The Morgan fingerprint density at radius 2 is 1.64 bits per heavy atom. The molecule has 0 atom stereocenters. The predicted octanol–water partition coefficient (Wildman–Crippen LogP) is 3.54. The van der Waals surface area contributed by atoms with Gasteiger partial charge in [-0.05, 0) is 50.2 Å². The van der Waals surface area contributed by atoms with Crippen LogP contribution in [-0.2, 0) is 19.6 Å². The van der Waals surface area contributed by atoms with Crippen LogP contribution in [0.5, 0.6) is 0 Å². The first kappa shape index (κ1) is 19.7. The number of nitrogens with zero attached hydrogens (tertiary/aromatic N) is 2. The molecule has 3 aromatic rings. The van der Waals surface area contributed by atoms with Crippen molar-refractivity contribution in [3.8, 4) is 5.69 Å². The average molecular weight is 398 g/mol. The van der Waals surface area contributed by atoms with Gasteiger partial charge in [-0.1, -0.05) is 29.8 Å². The maximum absolute atomic E-state index is 13.4. The van der Waals surface area contributed by atoms with Gasteiger partial charge in [0.15, 0.2) is 0 Å². The monoisotopic (exact) mass is 398 g/mol. The molecular formula is C21H22N2O4S. The molecule has 0 saturated carbocycles. The normalized spacial score (nSPS) is 11.2. The molecule has 0 amide bonds. The molecule has 0 aliphatic carbocycles. The number of sulfonamides is 1. The van der Waals surface area contributed by atoms with Gasteiger partial charge in [0.25, 0.3) is 10.0 Å². The van der Waals surface area contributed by atoms with E-state index in [2.05, 4.69) is 0 Å². The SMILES string of the molecule is CCOC(=O)CN(c1ccccc1-n1cccc1)S(=O)(=O)c1ccc(C)cc1. The number of aromatic nitrogens is 1. The lowest BCUT2D eigenvalue weighted by atomic mass is 10.2. The van der Waals surface area contributed by atoms with Crippen molar-refractivity contribution >= 4 is 21.7 Å². The summed E-state index contributed by atoms with van der Waals surface area (Å²) in [4.78, 5) is 12.3. The van der Waals surface area contributed by atoms with Gasteiger partial charge in [-0.25, -0.2) is 8.42 Å². The van der Waals surface area contributed by atoms with E-state index in [1.807, 2.05) is 37.5 Å². The van der Waals surface area contributed by atoms with Crippen molar-refractivity contribution in [3.63, 3.8) is 0 Å². The lowest BCUT2D eigenvalue weighted by Gasteiger charge is -2.26. The highest BCUT2D eigenvalue weighted by molar-refractivity contribution is 7.92. The van der Waals surface area contributed by atoms with Gasteiger partial charge < -0.3 is 9.30 Å². The van der Waals surface area contributed by atoms with Crippen molar-refractivity contribution in [1.82, 2.24) is 4.57 Å². The molecule has 0 unspecified atom stereocenters. The molecule has 3 rings (SSSR count). The number of anilines is 1. The molecular weight excluding hydrogens is 376 g/mol. The molecule has 0 fully saturated rings. The third-order valence-corrected chi connectivity index (χ3v) is 5.99. The Balaban J connectivity index is 2.13. The molecule has 7 heteroatoms. The smallest absolute Gasteiger partial charge is 0.326 e. The largest absolute Gasteiger partial charge is 0.465 e. The Hall–Kier alpha value is -3.06. The van der Waals surface area contributed by atoms with Gasteiger partial charge in [-0.15, -0.1) is 0 Å². The summed E-state index contributed by atoms with van der Waals surface area (Å²) in [5.41, 5.74) is 1.99. The highest BCUT2D eigenvalue weighted by Gasteiger charge is 2.29. The highest BCUT2D eigenvalue weighted by Crippen LogP contribution is 2.30. The van der Waals surface area contributed by atoms with Crippen molar-refractivity contribution in [2.24, 2.45) is 0 Å². The standard InChI is InChI=1S/C21H22N2O4S/c1-3-27-21(24)16-23(28(25,26)18-12-10-17(2)11-13-18)20-9-5-4-8-19(20)22-14-6-7-15-22/h4-15H,3,16H2,1-2H3. The van der Waals surface area contributed by atoms with Crippen molar-refractivity contribution in [1.29, 1.82) is 0 Å². The molecule has 0 radical (unpaired) electrons. The van der Waals surface area contributed by atoms with E-state index in [1.54, 1.807) is 54.0 Å². The van der Waals surface area contributed by atoms with Crippen LogP contribution in [0.15, 0.2) is 78.0 Å². The van der Waals surface area contributed by atoms with E-state index in [0.717, 1.165) is 9.87 Å². The third kappa shape index (κ3) is 4.09. The lowest BCUT2D eigenvalue weighted by molar-refractivity contribution is -0.141. The second kappa shape index (κ2) is 8.31. The zero-order chi connectivity index (χ0) is 20.1. The maximum atomic E-state index is 13.4. The molecule has 1 aromatic heterocycles. The number of hydrogen-bond donors (Lipinski definition) is 0. The van der Waals surface area contributed by atoms with Gasteiger partial charge in [0.2, 0.25) is 0 Å². The molecule has 0 saturated heterocycles. The van der Waals surface area contributed by atoms with Crippen molar-refractivity contribution < 1.29 is 17.9 Å². The van der Waals surface area contributed by atoms with Gasteiger partial charge in [-0.3, -0.25) is 9.10 Å². The summed E-state index contributed by atoms with van der Waals surface area (Å²) >= 11 is 0. The summed E-state index contributed by atoms with van der Waals surface area (Å²) in [5, 5.41) is 0. The van der Waals surface area contributed by atoms with Crippen LogP contribution in [0.3, 0.4) is 0 Å². The minimum absolute atomic E-state index is 0.115. The second-order valence-corrected chi connectivity index (χ2v) is 8.07. The number of benzene rings is 2. The van der Waals surface area contributed by atoms with Gasteiger partial charge >= 0.3 is 5.97 Å². The number of para-hydroxylation sites is 2. The van der Waals surface area contributed by atoms with E-state index in [4.69, 9.17) is 4.74 Å².